The van der Waals surface area contributed by atoms with Crippen LogP contribution in [0.15, 0.2) is 171 Å². The Morgan fingerprint density at radius 3 is 0.907 bits per heavy atom. The van der Waals surface area contributed by atoms with Crippen molar-refractivity contribution in [1.82, 2.24) is 9.80 Å². The summed E-state index contributed by atoms with van der Waals surface area (Å²) in [6, 6.07) is 44.6. The number of anilines is 2. The van der Waals surface area contributed by atoms with Crippen LogP contribution in [0.25, 0.3) is 33.8 Å². The van der Waals surface area contributed by atoms with Crippen LogP contribution < -0.4 is 23.5 Å². The highest BCUT2D eigenvalue weighted by molar-refractivity contribution is 5.66. The first-order valence-electron chi connectivity index (χ1n) is 41.0. The Hall–Kier alpha value is -7.77. The summed E-state index contributed by atoms with van der Waals surface area (Å²) in [5, 5.41) is 0. The molecule has 5 heterocycles. The van der Waals surface area contributed by atoms with E-state index in [1.807, 2.05) is 62.2 Å². The maximum absolute atomic E-state index is 7.67. The Kier molecular flexibility index (Phi) is 32.4. The molecule has 107 heavy (non-hydrogen) atoms. The molecule has 8 aromatic rings. The summed E-state index contributed by atoms with van der Waals surface area (Å²) in [5.74, 6) is 0. The summed E-state index contributed by atoms with van der Waals surface area (Å²) in [6.45, 7) is 54.6. The standard InChI is InChI=1S/2C24H36N.C23H34N.2C12H16N2.5CH4/c2*1-10-23(5,6)20-15-22(19-13-12-17(3)14-18(19)4)25(9)16-21(20)24(7,8)11-2;1-9-22(4,5)19-15-21(18-14-12-11-13-17(18)3)24(8)16-20(19)23(6,7)10-2;2*1-10-6-4-5-7-12(10)14-9-8-13(3)11(14)2;;;;;/h2*12-16H,10-11H2,1-9H3;11-16H,9-10H2,1-8H3;2*4-9,11H,1-3H3;5*1H4/q3*+1;;;;;;;/i3D3;;;3D3;;;;;;. The van der Waals surface area contributed by atoms with Gasteiger partial charge in [-0.3, -0.25) is 0 Å². The number of hydrogen-bond donors (Lipinski definition) is 0. The molecule has 2 aliphatic heterocycles. The van der Waals surface area contributed by atoms with Crippen molar-refractivity contribution in [2.75, 3.05) is 23.8 Å². The summed E-state index contributed by atoms with van der Waals surface area (Å²) in [5.41, 5.74) is 27.3. The van der Waals surface area contributed by atoms with Gasteiger partial charge in [-0.1, -0.05) is 252 Å². The van der Waals surface area contributed by atoms with Crippen molar-refractivity contribution in [3.8, 4) is 33.8 Å². The van der Waals surface area contributed by atoms with E-state index in [2.05, 4.69) is 327 Å². The third kappa shape index (κ3) is 22.9. The van der Waals surface area contributed by atoms with Crippen molar-refractivity contribution in [3.63, 3.8) is 0 Å². The van der Waals surface area contributed by atoms with E-state index in [-0.39, 0.29) is 75.8 Å². The van der Waals surface area contributed by atoms with Crippen LogP contribution in [0.4, 0.5) is 11.4 Å². The van der Waals surface area contributed by atoms with Crippen molar-refractivity contribution in [2.24, 2.45) is 21.1 Å². The van der Waals surface area contributed by atoms with Crippen LogP contribution in [-0.2, 0) is 53.6 Å². The molecule has 10 rings (SSSR count). The summed E-state index contributed by atoms with van der Waals surface area (Å²) >= 11 is 0. The molecule has 2 atom stereocenters. The second kappa shape index (κ2) is 40.1. The predicted octanol–water partition coefficient (Wildman–Crippen LogP) is 26.5. The van der Waals surface area contributed by atoms with Gasteiger partial charge >= 0.3 is 0 Å². The SMILES string of the molecule is C.C.C.C.C.CCC(C)(C)c1cc(-c2ccc(C)cc2C)[n+](C)cc1C(C)(C)CC.CCC(C)(C)c1cc(-c2ccccc2C)[n+](C)cc1C(C)(C)CC.Cc1ccccc1N1C=CN(C)C1C.[2H]C([2H])([2H])N1C=CN(c2ccccc2C)C1C.[2H]C([2H])([2H])c1ccc(-c2cc(C(C)(C)CC)c(C(C)(C)CC)c[n+]2C)c(C)c1. The quantitative estimate of drug-likeness (QED) is 0.0848. The number of nitrogens with zero attached hydrogens (tertiary/aromatic N) is 7. The van der Waals surface area contributed by atoms with Crippen LogP contribution in [0.5, 0.6) is 0 Å². The van der Waals surface area contributed by atoms with Gasteiger partial charge in [-0.05, 0) is 208 Å². The maximum atomic E-state index is 7.67. The molecule has 3 aromatic heterocycles. The van der Waals surface area contributed by atoms with Gasteiger partial charge in [-0.15, -0.1) is 0 Å². The molecule has 5 aromatic carbocycles. The Labute approximate surface area is 668 Å². The average molecular weight is 1460 g/mol. The molecule has 7 heteroatoms. The van der Waals surface area contributed by atoms with Crippen molar-refractivity contribution in [2.45, 2.75) is 307 Å². The fourth-order valence-corrected chi connectivity index (χ4v) is 13.5. The molecule has 0 saturated carbocycles. The van der Waals surface area contributed by atoms with Gasteiger partial charge in [0.2, 0.25) is 17.1 Å². The van der Waals surface area contributed by atoms with E-state index in [9.17, 15) is 0 Å². The van der Waals surface area contributed by atoms with E-state index in [1.54, 1.807) is 18.3 Å². The molecule has 2 unspecified atom stereocenters. The first kappa shape index (κ1) is 86.5. The normalized spacial score (nSPS) is 15.1. The molecular formula is C100H158N7+3. The third-order valence-corrected chi connectivity index (χ3v) is 23.5. The first-order chi connectivity index (χ1) is 50.0. The fourth-order valence-electron chi connectivity index (χ4n) is 13.5. The van der Waals surface area contributed by atoms with E-state index in [4.69, 9.17) is 8.22 Å². The van der Waals surface area contributed by atoms with Gasteiger partial charge in [-0.2, -0.15) is 0 Å². The Balaban J connectivity index is 0.000000710. The number of pyridine rings is 3. The number of para-hydroxylation sites is 2. The van der Waals surface area contributed by atoms with Crippen LogP contribution >= 0.6 is 0 Å². The molecule has 0 amide bonds. The lowest BCUT2D eigenvalue weighted by Crippen LogP contribution is -2.37. The Bertz CT molecular complexity index is 4430. The van der Waals surface area contributed by atoms with E-state index in [0.717, 1.165) is 66.6 Å². The monoisotopic (exact) mass is 1460 g/mol. The number of benzene rings is 5. The van der Waals surface area contributed by atoms with Gasteiger partial charge < -0.3 is 19.6 Å². The topological polar surface area (TPSA) is 24.6 Å². The minimum atomic E-state index is -2.09. The fraction of sp³-hybridized carbons (Fsp3) is 0.510. The predicted molar refractivity (Wildman–Crippen MR) is 476 cm³/mol. The van der Waals surface area contributed by atoms with Crippen LogP contribution in [0, 0.1) is 48.4 Å². The van der Waals surface area contributed by atoms with Gasteiger partial charge in [-0.25, -0.2) is 13.7 Å². The molecule has 0 saturated heterocycles. The average Bonchev–Trinajstić information content (AvgIpc) is 1.55. The lowest BCUT2D eigenvalue weighted by atomic mass is 9.71. The van der Waals surface area contributed by atoms with Crippen molar-refractivity contribution >= 4 is 11.4 Å². The van der Waals surface area contributed by atoms with Crippen LogP contribution in [0.1, 0.15) is 295 Å². The number of aromatic nitrogens is 3. The van der Waals surface area contributed by atoms with Crippen LogP contribution in [0.3, 0.4) is 0 Å². The highest BCUT2D eigenvalue weighted by Gasteiger charge is 2.37. The second-order valence-electron chi connectivity index (χ2n) is 33.2. The van der Waals surface area contributed by atoms with Crippen LogP contribution in [-0.4, -0.2) is 36.2 Å². The highest BCUT2D eigenvalue weighted by atomic mass is 15.4. The Morgan fingerprint density at radius 1 is 0.336 bits per heavy atom. The number of hydrogen-bond acceptors (Lipinski definition) is 4. The summed E-state index contributed by atoms with van der Waals surface area (Å²) in [7, 11) is 8.55. The molecule has 0 N–H and O–H groups in total. The lowest BCUT2D eigenvalue weighted by Gasteiger charge is -2.32. The van der Waals surface area contributed by atoms with E-state index < -0.39 is 13.8 Å². The van der Waals surface area contributed by atoms with Gasteiger partial charge in [0.05, 0.1) is 0 Å². The zero-order chi connectivity index (χ0) is 81.4. The molecule has 2 aliphatic rings. The summed E-state index contributed by atoms with van der Waals surface area (Å²) in [6.07, 6.45) is 21.6. The zero-order valence-corrected chi connectivity index (χ0v) is 69.2. The molecule has 0 fully saturated rings. The van der Waals surface area contributed by atoms with Crippen molar-refractivity contribution < 1.29 is 21.9 Å². The van der Waals surface area contributed by atoms with Gasteiger partial charge in [0.25, 0.3) is 0 Å². The number of rotatable bonds is 17. The molecule has 7 nitrogen and oxygen atoms in total. The molecule has 0 radical (unpaired) electrons. The van der Waals surface area contributed by atoms with Gasteiger partial charge in [0, 0.05) is 110 Å². The van der Waals surface area contributed by atoms with E-state index >= 15 is 0 Å². The smallest absolute Gasteiger partial charge is 0.212 e. The molecule has 0 bridgehead atoms. The second-order valence-corrected chi connectivity index (χ2v) is 33.2. The van der Waals surface area contributed by atoms with Crippen LogP contribution in [0.2, 0.25) is 0 Å². The highest BCUT2D eigenvalue weighted by Crippen LogP contribution is 2.43. The third-order valence-electron chi connectivity index (χ3n) is 23.5. The van der Waals surface area contributed by atoms with Gasteiger partial charge in [0.1, 0.15) is 33.5 Å². The molecular weight excluding hydrogens is 1300 g/mol. The molecule has 590 valence electrons. The number of aryl methyl sites for hydroxylation is 10. The lowest BCUT2D eigenvalue weighted by molar-refractivity contribution is -0.661. The minimum absolute atomic E-state index is 0. The molecule has 0 spiro atoms. The van der Waals surface area contributed by atoms with Gasteiger partial charge in [0.15, 0.2) is 18.6 Å². The maximum Gasteiger partial charge on any atom is 0.212 e. The Morgan fingerprint density at radius 2 is 0.617 bits per heavy atom. The largest absolute Gasteiger partial charge is 0.359 e. The van der Waals surface area contributed by atoms with E-state index in [1.165, 1.54) is 88.7 Å². The summed E-state index contributed by atoms with van der Waals surface area (Å²) < 4.78 is 52.2. The van der Waals surface area contributed by atoms with Crippen molar-refractivity contribution in [3.05, 3.63) is 243 Å². The molecule has 0 aliphatic carbocycles. The first-order valence-corrected chi connectivity index (χ1v) is 38.0. The zero-order valence-electron chi connectivity index (χ0n) is 75.2. The summed E-state index contributed by atoms with van der Waals surface area (Å²) in [4.78, 5) is 7.85. The van der Waals surface area contributed by atoms with E-state index in [0.29, 0.717) is 11.7 Å². The minimum Gasteiger partial charge on any atom is -0.359 e. The van der Waals surface area contributed by atoms with Crippen molar-refractivity contribution in [1.29, 1.82) is 0 Å².